The Labute approximate surface area is 162 Å². The lowest BCUT2D eigenvalue weighted by Gasteiger charge is -2.34. The van der Waals surface area contributed by atoms with Crippen molar-refractivity contribution in [3.63, 3.8) is 0 Å². The Morgan fingerprint density at radius 3 is 2.63 bits per heavy atom. The molecule has 1 aliphatic heterocycles. The first-order chi connectivity index (χ1) is 12.8. The predicted molar refractivity (Wildman–Crippen MR) is 103 cm³/mol. The zero-order valence-corrected chi connectivity index (χ0v) is 16.9. The molecule has 156 valence electrons. The summed E-state index contributed by atoms with van der Waals surface area (Å²) in [6.45, 7) is 8.05. The van der Waals surface area contributed by atoms with Crippen LogP contribution in [0.3, 0.4) is 0 Å². The Hall–Kier alpha value is -1.57. The van der Waals surface area contributed by atoms with Gasteiger partial charge in [0.2, 0.25) is 12.2 Å². The first-order valence-corrected chi connectivity index (χ1v) is 9.79. The van der Waals surface area contributed by atoms with E-state index in [-0.39, 0.29) is 36.5 Å². The van der Waals surface area contributed by atoms with Crippen molar-refractivity contribution < 1.29 is 29.6 Å². The van der Waals surface area contributed by atoms with Crippen molar-refractivity contribution in [3.05, 3.63) is 23.7 Å². The lowest BCUT2D eigenvalue weighted by molar-refractivity contribution is -0.209. The number of aliphatic hydroxyl groups is 3. The minimum atomic E-state index is -0.717. The fourth-order valence-corrected chi connectivity index (χ4v) is 3.00. The van der Waals surface area contributed by atoms with E-state index in [0.29, 0.717) is 31.6 Å². The molecule has 1 heterocycles. The number of carbonyl (C=O) groups is 1. The summed E-state index contributed by atoms with van der Waals surface area (Å²) < 4.78 is 11.6. The molecule has 27 heavy (non-hydrogen) atoms. The van der Waals surface area contributed by atoms with Gasteiger partial charge in [-0.3, -0.25) is 4.79 Å². The number of hydrogen-bond acceptors (Lipinski definition) is 6. The molecule has 0 aromatic carbocycles. The van der Waals surface area contributed by atoms with Crippen molar-refractivity contribution in [1.29, 1.82) is 0 Å². The van der Waals surface area contributed by atoms with Gasteiger partial charge in [0.1, 0.15) is 11.5 Å². The highest BCUT2D eigenvalue weighted by Gasteiger charge is 2.31. The maximum atomic E-state index is 11.9. The topological polar surface area (TPSA) is 108 Å². The van der Waals surface area contributed by atoms with Gasteiger partial charge in [0, 0.05) is 37.8 Å². The molecular formula is C20H35NO6. The van der Waals surface area contributed by atoms with Gasteiger partial charge in [-0.2, -0.15) is 0 Å². The third-order valence-electron chi connectivity index (χ3n) is 4.70. The van der Waals surface area contributed by atoms with Gasteiger partial charge in [0.05, 0.1) is 18.8 Å². The van der Waals surface area contributed by atoms with Crippen molar-refractivity contribution in [1.82, 2.24) is 5.32 Å². The van der Waals surface area contributed by atoms with E-state index in [4.69, 9.17) is 9.47 Å². The van der Waals surface area contributed by atoms with Crippen LogP contribution in [0.4, 0.5) is 0 Å². The second-order valence-electron chi connectivity index (χ2n) is 7.12. The molecule has 0 bridgehead atoms. The third kappa shape index (κ3) is 8.32. The number of hydrogen-bond donors (Lipinski definition) is 4. The quantitative estimate of drug-likeness (QED) is 0.340. The number of aliphatic hydroxyl groups excluding tert-OH is 3. The van der Waals surface area contributed by atoms with E-state index in [1.165, 1.54) is 0 Å². The minimum absolute atomic E-state index is 0.0284. The van der Waals surface area contributed by atoms with E-state index in [2.05, 4.69) is 5.32 Å². The summed E-state index contributed by atoms with van der Waals surface area (Å²) in [6, 6.07) is 0. The molecule has 1 saturated heterocycles. The molecule has 7 nitrogen and oxygen atoms in total. The second kappa shape index (κ2) is 12.0. The highest BCUT2D eigenvalue weighted by Crippen LogP contribution is 2.29. The predicted octanol–water partition coefficient (Wildman–Crippen LogP) is 2.40. The van der Waals surface area contributed by atoms with E-state index in [0.717, 1.165) is 0 Å². The molecule has 4 N–H and O–H groups in total. The molecule has 1 fully saturated rings. The van der Waals surface area contributed by atoms with Gasteiger partial charge in [0.25, 0.3) is 0 Å². The highest BCUT2D eigenvalue weighted by atomic mass is 16.7. The summed E-state index contributed by atoms with van der Waals surface area (Å²) in [5.74, 6) is 0.355. The van der Waals surface area contributed by atoms with Crippen LogP contribution in [0.2, 0.25) is 0 Å². The molecule has 0 aromatic rings. The van der Waals surface area contributed by atoms with Crippen molar-refractivity contribution in [3.8, 4) is 0 Å². The zero-order valence-electron chi connectivity index (χ0n) is 16.9. The van der Waals surface area contributed by atoms with Crippen molar-refractivity contribution >= 4 is 5.91 Å². The Morgan fingerprint density at radius 2 is 2.04 bits per heavy atom. The van der Waals surface area contributed by atoms with E-state index < -0.39 is 18.5 Å². The van der Waals surface area contributed by atoms with Crippen LogP contribution in [0, 0.1) is 11.8 Å². The molecule has 1 aliphatic rings. The Bertz CT molecular complexity index is 519. The van der Waals surface area contributed by atoms with E-state index in [9.17, 15) is 20.1 Å². The molecule has 3 unspecified atom stereocenters. The summed E-state index contributed by atoms with van der Waals surface area (Å²) in [4.78, 5) is 11.9. The van der Waals surface area contributed by atoms with Gasteiger partial charge in [-0.1, -0.05) is 20.8 Å². The molecule has 0 spiro atoms. The fraction of sp³-hybridized carbons (Fsp3) is 0.750. The maximum absolute atomic E-state index is 11.9. The van der Waals surface area contributed by atoms with E-state index in [1.54, 1.807) is 12.2 Å². The Kier molecular flexibility index (Phi) is 10.4. The minimum Gasteiger partial charge on any atom is -0.508 e. The molecule has 7 heteroatoms. The molecule has 0 aromatic heterocycles. The molecule has 0 saturated carbocycles. The van der Waals surface area contributed by atoms with Crippen LogP contribution in [-0.2, 0) is 14.3 Å². The monoisotopic (exact) mass is 385 g/mol. The first-order valence-electron chi connectivity index (χ1n) is 9.79. The van der Waals surface area contributed by atoms with Crippen LogP contribution >= 0.6 is 0 Å². The Balaban J connectivity index is 2.92. The SMILES string of the molecule is CC/C=C(O)\C=C(\OC1C[C@@H](O)C[C@@H](CO)O1)C(C)C(C)CC(=O)NCC. The lowest BCUT2D eigenvalue weighted by atomic mass is 9.90. The van der Waals surface area contributed by atoms with Crippen molar-refractivity contribution in [2.45, 2.75) is 71.9 Å². The zero-order chi connectivity index (χ0) is 20.4. The second-order valence-corrected chi connectivity index (χ2v) is 7.12. The molecular weight excluding hydrogens is 350 g/mol. The van der Waals surface area contributed by atoms with Crippen LogP contribution in [-0.4, -0.2) is 52.9 Å². The maximum Gasteiger partial charge on any atom is 0.220 e. The van der Waals surface area contributed by atoms with Crippen LogP contribution in [0.25, 0.3) is 0 Å². The fourth-order valence-electron chi connectivity index (χ4n) is 3.00. The van der Waals surface area contributed by atoms with Crippen LogP contribution in [0.1, 0.15) is 53.4 Å². The van der Waals surface area contributed by atoms with E-state index >= 15 is 0 Å². The lowest BCUT2D eigenvalue weighted by Crippen LogP contribution is -2.39. The highest BCUT2D eigenvalue weighted by molar-refractivity contribution is 5.76. The smallest absolute Gasteiger partial charge is 0.220 e. The van der Waals surface area contributed by atoms with Gasteiger partial charge < -0.3 is 30.1 Å². The number of carbonyl (C=O) groups excluding carboxylic acids is 1. The van der Waals surface area contributed by atoms with Crippen molar-refractivity contribution in [2.75, 3.05) is 13.2 Å². The van der Waals surface area contributed by atoms with Gasteiger partial charge in [-0.05, 0) is 25.3 Å². The first kappa shape index (κ1) is 23.5. The van der Waals surface area contributed by atoms with Gasteiger partial charge >= 0.3 is 0 Å². The summed E-state index contributed by atoms with van der Waals surface area (Å²) in [5.41, 5.74) is 0. The molecule has 5 atom stereocenters. The number of ether oxygens (including phenoxy) is 2. The Morgan fingerprint density at radius 1 is 1.33 bits per heavy atom. The summed E-state index contributed by atoms with van der Waals surface area (Å²) in [7, 11) is 0. The van der Waals surface area contributed by atoms with Crippen LogP contribution in [0.5, 0.6) is 0 Å². The largest absolute Gasteiger partial charge is 0.508 e. The summed E-state index contributed by atoms with van der Waals surface area (Å²) >= 11 is 0. The van der Waals surface area contributed by atoms with Gasteiger partial charge in [-0.25, -0.2) is 0 Å². The molecule has 1 rings (SSSR count). The number of nitrogens with one attached hydrogen (secondary N) is 1. The number of amides is 1. The normalized spacial score (nSPS) is 26.4. The number of allylic oxidation sites excluding steroid dienone is 3. The average molecular weight is 386 g/mol. The molecule has 0 aliphatic carbocycles. The van der Waals surface area contributed by atoms with Gasteiger partial charge in [0.15, 0.2) is 0 Å². The van der Waals surface area contributed by atoms with Crippen LogP contribution in [0.15, 0.2) is 23.7 Å². The molecule has 1 amide bonds. The third-order valence-corrected chi connectivity index (χ3v) is 4.70. The van der Waals surface area contributed by atoms with Crippen LogP contribution < -0.4 is 5.32 Å². The van der Waals surface area contributed by atoms with Crippen molar-refractivity contribution in [2.24, 2.45) is 11.8 Å². The van der Waals surface area contributed by atoms with Gasteiger partial charge in [-0.15, -0.1) is 0 Å². The standard InChI is InChI=1S/C20H35NO6/c1-5-7-15(23)10-18(14(4)13(3)8-19(25)21-6-2)27-20-11-16(24)9-17(12-22)26-20/h7,10,13-14,16-17,20,22-24H,5-6,8-9,11-12H2,1-4H3,(H,21,25)/b15-7+,18-10+/t13?,14?,16-,17-,20?/m0/s1. The molecule has 0 radical (unpaired) electrons. The summed E-state index contributed by atoms with van der Waals surface area (Å²) in [6.07, 6.45) is 3.03. The summed E-state index contributed by atoms with van der Waals surface area (Å²) in [5, 5.41) is 32.2. The average Bonchev–Trinajstić information content (AvgIpc) is 2.60. The number of rotatable bonds is 10. The van der Waals surface area contributed by atoms with E-state index in [1.807, 2.05) is 27.7 Å².